The minimum absolute atomic E-state index is 0.0931. The monoisotopic (exact) mass is 282 g/mol. The summed E-state index contributed by atoms with van der Waals surface area (Å²) in [6, 6.07) is 5.51. The maximum absolute atomic E-state index is 12.1. The SMILES string of the molecule is CC1(C(=O)Nc2cccc(Br)n2)CCCC1. The number of amides is 1. The smallest absolute Gasteiger partial charge is 0.231 e. The molecule has 2 rings (SSSR count). The zero-order valence-corrected chi connectivity index (χ0v) is 10.9. The van der Waals surface area contributed by atoms with Gasteiger partial charge in [-0.1, -0.05) is 25.8 Å². The molecular formula is C12H15BrN2O. The van der Waals surface area contributed by atoms with Crippen LogP contribution in [0.1, 0.15) is 32.6 Å². The van der Waals surface area contributed by atoms with E-state index in [9.17, 15) is 4.79 Å². The first-order chi connectivity index (χ1) is 7.60. The minimum Gasteiger partial charge on any atom is -0.310 e. The van der Waals surface area contributed by atoms with Gasteiger partial charge in [0.1, 0.15) is 10.4 Å². The fourth-order valence-corrected chi connectivity index (χ4v) is 2.47. The van der Waals surface area contributed by atoms with E-state index in [0.717, 1.165) is 30.3 Å². The van der Waals surface area contributed by atoms with E-state index in [1.165, 1.54) is 0 Å². The van der Waals surface area contributed by atoms with Gasteiger partial charge in [-0.25, -0.2) is 4.98 Å². The van der Waals surface area contributed by atoms with Crippen LogP contribution < -0.4 is 5.32 Å². The third-order valence-corrected chi connectivity index (χ3v) is 3.65. The van der Waals surface area contributed by atoms with Gasteiger partial charge in [0.25, 0.3) is 0 Å². The molecule has 0 bridgehead atoms. The normalized spacial score (nSPS) is 18.4. The fraction of sp³-hybridized carbons (Fsp3) is 0.500. The minimum atomic E-state index is -0.204. The van der Waals surface area contributed by atoms with E-state index in [2.05, 4.69) is 26.2 Å². The molecule has 4 heteroatoms. The summed E-state index contributed by atoms with van der Waals surface area (Å²) < 4.78 is 0.738. The zero-order valence-electron chi connectivity index (χ0n) is 9.29. The Balaban J connectivity index is 2.07. The van der Waals surface area contributed by atoms with Crippen molar-refractivity contribution in [2.24, 2.45) is 5.41 Å². The van der Waals surface area contributed by atoms with Crippen molar-refractivity contribution < 1.29 is 4.79 Å². The van der Waals surface area contributed by atoms with Gasteiger partial charge in [-0.3, -0.25) is 4.79 Å². The number of rotatable bonds is 2. The molecule has 16 heavy (non-hydrogen) atoms. The first-order valence-electron chi connectivity index (χ1n) is 5.54. The molecule has 1 aromatic rings. The highest BCUT2D eigenvalue weighted by Crippen LogP contribution is 2.38. The molecule has 0 unspecified atom stereocenters. The molecule has 1 N–H and O–H groups in total. The highest BCUT2D eigenvalue weighted by atomic mass is 79.9. The summed E-state index contributed by atoms with van der Waals surface area (Å²) in [6.45, 7) is 2.04. The van der Waals surface area contributed by atoms with Crippen LogP contribution in [0, 0.1) is 5.41 Å². The van der Waals surface area contributed by atoms with Crippen LogP contribution in [-0.4, -0.2) is 10.9 Å². The first kappa shape index (κ1) is 11.6. The molecule has 1 amide bonds. The number of hydrogen-bond donors (Lipinski definition) is 1. The number of nitrogens with zero attached hydrogens (tertiary/aromatic N) is 1. The Kier molecular flexibility index (Phi) is 3.28. The predicted octanol–water partition coefficient (Wildman–Crippen LogP) is 3.36. The van der Waals surface area contributed by atoms with Gasteiger partial charge in [0.15, 0.2) is 0 Å². The number of carbonyl (C=O) groups excluding carboxylic acids is 1. The second kappa shape index (κ2) is 4.53. The molecule has 3 nitrogen and oxygen atoms in total. The van der Waals surface area contributed by atoms with Crippen molar-refractivity contribution in [3.63, 3.8) is 0 Å². The number of nitrogens with one attached hydrogen (secondary N) is 1. The zero-order chi connectivity index (χ0) is 11.6. The van der Waals surface area contributed by atoms with Crippen molar-refractivity contribution >= 4 is 27.7 Å². The molecule has 0 aliphatic heterocycles. The van der Waals surface area contributed by atoms with Gasteiger partial charge in [0.05, 0.1) is 0 Å². The number of halogens is 1. The van der Waals surface area contributed by atoms with Crippen LogP contribution in [0.4, 0.5) is 5.82 Å². The molecule has 0 saturated heterocycles. The first-order valence-corrected chi connectivity index (χ1v) is 6.33. The lowest BCUT2D eigenvalue weighted by Gasteiger charge is -2.21. The second-order valence-corrected chi connectivity index (χ2v) is 5.38. The maximum Gasteiger partial charge on any atom is 0.231 e. The summed E-state index contributed by atoms with van der Waals surface area (Å²) in [5, 5.41) is 2.89. The van der Waals surface area contributed by atoms with E-state index in [4.69, 9.17) is 0 Å². The molecule has 0 atom stereocenters. The lowest BCUT2D eigenvalue weighted by atomic mass is 9.88. The van der Waals surface area contributed by atoms with Crippen molar-refractivity contribution in [2.75, 3.05) is 5.32 Å². The van der Waals surface area contributed by atoms with Crippen molar-refractivity contribution in [3.8, 4) is 0 Å². The van der Waals surface area contributed by atoms with E-state index in [-0.39, 0.29) is 11.3 Å². The van der Waals surface area contributed by atoms with E-state index < -0.39 is 0 Å². The number of carbonyl (C=O) groups is 1. The Morgan fingerprint density at radius 3 is 2.75 bits per heavy atom. The van der Waals surface area contributed by atoms with E-state index in [0.29, 0.717) is 5.82 Å². The Morgan fingerprint density at radius 2 is 2.12 bits per heavy atom. The van der Waals surface area contributed by atoms with Crippen LogP contribution in [-0.2, 0) is 4.79 Å². The Hall–Kier alpha value is -0.900. The molecule has 1 saturated carbocycles. The second-order valence-electron chi connectivity index (χ2n) is 4.57. The van der Waals surface area contributed by atoms with Crippen LogP contribution in [0.3, 0.4) is 0 Å². The van der Waals surface area contributed by atoms with Gasteiger partial charge in [-0.05, 0) is 40.9 Å². The number of anilines is 1. The average Bonchev–Trinajstić information content (AvgIpc) is 2.66. The third-order valence-electron chi connectivity index (χ3n) is 3.21. The van der Waals surface area contributed by atoms with Crippen LogP contribution in [0.2, 0.25) is 0 Å². The molecular weight excluding hydrogens is 268 g/mol. The molecule has 0 spiro atoms. The standard InChI is InChI=1S/C12H15BrN2O/c1-12(7-2-3-8-12)11(16)15-10-6-4-5-9(13)14-10/h4-6H,2-3,7-8H2,1H3,(H,14,15,16). The van der Waals surface area contributed by atoms with E-state index in [1.807, 2.05) is 19.1 Å². The molecule has 1 aliphatic carbocycles. The van der Waals surface area contributed by atoms with Crippen LogP contribution >= 0.6 is 15.9 Å². The van der Waals surface area contributed by atoms with Gasteiger partial charge in [-0.15, -0.1) is 0 Å². The van der Waals surface area contributed by atoms with Gasteiger partial charge in [0.2, 0.25) is 5.91 Å². The van der Waals surface area contributed by atoms with Gasteiger partial charge in [0, 0.05) is 5.41 Å². The number of pyridine rings is 1. The molecule has 0 aromatic carbocycles. The lowest BCUT2D eigenvalue weighted by molar-refractivity contribution is -0.124. The summed E-state index contributed by atoms with van der Waals surface area (Å²) in [6.07, 6.45) is 4.26. The van der Waals surface area contributed by atoms with Crippen molar-refractivity contribution in [3.05, 3.63) is 22.8 Å². The van der Waals surface area contributed by atoms with Gasteiger partial charge in [-0.2, -0.15) is 0 Å². The van der Waals surface area contributed by atoms with Crippen molar-refractivity contribution in [2.45, 2.75) is 32.6 Å². The molecule has 1 fully saturated rings. The molecule has 1 heterocycles. The predicted molar refractivity (Wildman–Crippen MR) is 67.1 cm³/mol. The summed E-state index contributed by atoms with van der Waals surface area (Å²) in [5.74, 6) is 0.711. The largest absolute Gasteiger partial charge is 0.310 e. The van der Waals surface area contributed by atoms with Gasteiger partial charge >= 0.3 is 0 Å². The summed E-state index contributed by atoms with van der Waals surface area (Å²) in [4.78, 5) is 16.3. The number of aromatic nitrogens is 1. The van der Waals surface area contributed by atoms with Crippen LogP contribution in [0.25, 0.3) is 0 Å². The maximum atomic E-state index is 12.1. The van der Waals surface area contributed by atoms with Crippen molar-refractivity contribution in [1.82, 2.24) is 4.98 Å². The summed E-state index contributed by atoms with van der Waals surface area (Å²) in [5.41, 5.74) is -0.204. The fourth-order valence-electron chi connectivity index (χ4n) is 2.13. The summed E-state index contributed by atoms with van der Waals surface area (Å²) >= 11 is 3.29. The van der Waals surface area contributed by atoms with Crippen molar-refractivity contribution in [1.29, 1.82) is 0 Å². The van der Waals surface area contributed by atoms with Crippen LogP contribution in [0.5, 0.6) is 0 Å². The summed E-state index contributed by atoms with van der Waals surface area (Å²) in [7, 11) is 0. The quantitative estimate of drug-likeness (QED) is 0.845. The lowest BCUT2D eigenvalue weighted by Crippen LogP contribution is -2.31. The highest BCUT2D eigenvalue weighted by Gasteiger charge is 2.36. The Morgan fingerprint density at radius 1 is 1.44 bits per heavy atom. The average molecular weight is 283 g/mol. The van der Waals surface area contributed by atoms with E-state index >= 15 is 0 Å². The van der Waals surface area contributed by atoms with Gasteiger partial charge < -0.3 is 5.32 Å². The molecule has 1 aliphatic rings. The van der Waals surface area contributed by atoms with E-state index in [1.54, 1.807) is 6.07 Å². The Labute approximate surface area is 104 Å². The molecule has 86 valence electrons. The third kappa shape index (κ3) is 2.43. The number of hydrogen-bond acceptors (Lipinski definition) is 2. The highest BCUT2D eigenvalue weighted by molar-refractivity contribution is 9.10. The Bertz CT molecular complexity index is 400. The molecule has 1 aromatic heterocycles. The van der Waals surface area contributed by atoms with Crippen LogP contribution in [0.15, 0.2) is 22.8 Å². The topological polar surface area (TPSA) is 42.0 Å². The molecule has 0 radical (unpaired) electrons.